The minimum absolute atomic E-state index is 0.0676. The molecule has 23 heavy (non-hydrogen) atoms. The summed E-state index contributed by atoms with van der Waals surface area (Å²) in [6, 6.07) is 9.68. The third-order valence-electron chi connectivity index (χ3n) is 4.00. The number of hydrogen-bond donors (Lipinski definition) is 1. The molecule has 1 aliphatic heterocycles. The highest BCUT2D eigenvalue weighted by Gasteiger charge is 2.29. The molecule has 1 N–H and O–H groups in total. The summed E-state index contributed by atoms with van der Waals surface area (Å²) in [7, 11) is 0. The van der Waals surface area contributed by atoms with Crippen LogP contribution in [-0.2, 0) is 9.53 Å². The average Bonchev–Trinajstić information content (AvgIpc) is 3.28. The molecule has 1 atom stereocenters. The van der Waals surface area contributed by atoms with Gasteiger partial charge in [-0.3, -0.25) is 9.59 Å². The van der Waals surface area contributed by atoms with E-state index in [0.717, 1.165) is 23.7 Å². The number of esters is 1. The van der Waals surface area contributed by atoms with Crippen molar-refractivity contribution in [3.63, 3.8) is 0 Å². The Morgan fingerprint density at radius 3 is 2.83 bits per heavy atom. The van der Waals surface area contributed by atoms with Crippen LogP contribution in [-0.4, -0.2) is 34.8 Å². The molecule has 2 fully saturated rings. The lowest BCUT2D eigenvalue weighted by Crippen LogP contribution is -2.25. The van der Waals surface area contributed by atoms with Gasteiger partial charge in [0.2, 0.25) is 0 Å². The third kappa shape index (κ3) is 3.03. The number of nitrogens with zero attached hydrogens (tertiary/aromatic N) is 1. The molecule has 0 bridgehead atoms. The lowest BCUT2D eigenvalue weighted by Gasteiger charge is -2.11. The Labute approximate surface area is 137 Å². The molecule has 5 nitrogen and oxygen atoms in total. The average molecular weight is 328 g/mol. The number of cyclic esters (lactones) is 1. The van der Waals surface area contributed by atoms with Gasteiger partial charge in [-0.1, -0.05) is 30.0 Å². The van der Waals surface area contributed by atoms with Gasteiger partial charge in [0, 0.05) is 17.8 Å². The smallest absolute Gasteiger partial charge is 0.319 e. The number of hydrogen-bond acceptors (Lipinski definition) is 5. The van der Waals surface area contributed by atoms with Crippen molar-refractivity contribution in [2.45, 2.75) is 35.6 Å². The Morgan fingerprint density at radius 2 is 2.09 bits per heavy atom. The molecule has 2 aromatic rings. The van der Waals surface area contributed by atoms with Crippen LogP contribution in [0.25, 0.3) is 10.9 Å². The zero-order valence-corrected chi connectivity index (χ0v) is 13.3. The maximum absolute atomic E-state index is 12.5. The molecule has 1 saturated carbocycles. The van der Waals surface area contributed by atoms with E-state index in [9.17, 15) is 9.59 Å². The summed E-state index contributed by atoms with van der Waals surface area (Å²) in [5.41, 5.74) is 1.39. The summed E-state index contributed by atoms with van der Waals surface area (Å²) >= 11 is 1.37. The van der Waals surface area contributed by atoms with E-state index in [1.165, 1.54) is 11.8 Å². The molecule has 1 aromatic heterocycles. The fourth-order valence-electron chi connectivity index (χ4n) is 2.62. The van der Waals surface area contributed by atoms with E-state index in [-0.39, 0.29) is 17.1 Å². The molecule has 1 amide bonds. The number of rotatable bonds is 4. The van der Waals surface area contributed by atoms with Gasteiger partial charge in [-0.2, -0.15) is 0 Å². The van der Waals surface area contributed by atoms with E-state index in [0.29, 0.717) is 29.7 Å². The van der Waals surface area contributed by atoms with E-state index in [4.69, 9.17) is 4.74 Å². The number of amides is 1. The van der Waals surface area contributed by atoms with Gasteiger partial charge in [-0.15, -0.1) is 0 Å². The fraction of sp³-hybridized carbons (Fsp3) is 0.353. The van der Waals surface area contributed by atoms with Gasteiger partial charge in [-0.25, -0.2) is 4.98 Å². The normalized spacial score (nSPS) is 20.5. The number of pyridine rings is 1. The minimum atomic E-state index is -0.233. The number of nitrogens with one attached hydrogen (secondary N) is 1. The summed E-state index contributed by atoms with van der Waals surface area (Å²) in [5, 5.41) is 4.32. The molecule has 0 unspecified atom stereocenters. The number of fused-ring (bicyclic) bond motifs is 1. The quantitative estimate of drug-likeness (QED) is 0.874. The Hall–Kier alpha value is -2.08. The first kappa shape index (κ1) is 14.5. The minimum Gasteiger partial charge on any atom is -0.465 e. The first-order chi connectivity index (χ1) is 11.2. The Kier molecular flexibility index (Phi) is 3.69. The first-order valence-corrected chi connectivity index (χ1v) is 8.62. The summed E-state index contributed by atoms with van der Waals surface area (Å²) in [4.78, 5) is 28.8. The predicted molar refractivity (Wildman–Crippen MR) is 87.5 cm³/mol. The molecular formula is C17H16N2O3S. The van der Waals surface area contributed by atoms with Crippen molar-refractivity contribution < 1.29 is 14.3 Å². The third-order valence-corrected chi connectivity index (χ3v) is 5.16. The topological polar surface area (TPSA) is 68.3 Å². The van der Waals surface area contributed by atoms with E-state index in [1.54, 1.807) is 6.07 Å². The van der Waals surface area contributed by atoms with Crippen molar-refractivity contribution in [2.75, 3.05) is 6.61 Å². The molecule has 4 rings (SSSR count). The SMILES string of the molecule is O=C(NC1CC1)c1cc(S[C@H]2CCOC2=O)nc2ccccc12. The molecule has 118 valence electrons. The van der Waals surface area contributed by atoms with Crippen LogP contribution in [0.4, 0.5) is 0 Å². The molecule has 0 spiro atoms. The lowest BCUT2D eigenvalue weighted by atomic mass is 10.1. The number of ether oxygens (including phenoxy) is 1. The summed E-state index contributed by atoms with van der Waals surface area (Å²) in [5.74, 6) is -0.268. The highest BCUT2D eigenvalue weighted by atomic mass is 32.2. The largest absolute Gasteiger partial charge is 0.465 e. The van der Waals surface area contributed by atoms with E-state index < -0.39 is 0 Å². The molecule has 0 radical (unpaired) electrons. The summed E-state index contributed by atoms with van der Waals surface area (Å²) in [6.07, 6.45) is 2.77. The van der Waals surface area contributed by atoms with Crippen LogP contribution in [0.5, 0.6) is 0 Å². The van der Waals surface area contributed by atoms with Gasteiger partial charge in [0.05, 0.1) is 22.7 Å². The molecule has 6 heteroatoms. The number of carbonyl (C=O) groups is 2. The zero-order chi connectivity index (χ0) is 15.8. The van der Waals surface area contributed by atoms with Gasteiger partial charge < -0.3 is 10.1 Å². The lowest BCUT2D eigenvalue weighted by molar-refractivity contribution is -0.137. The predicted octanol–water partition coefficient (Wildman–Crippen LogP) is 2.53. The van der Waals surface area contributed by atoms with E-state index in [2.05, 4.69) is 10.3 Å². The van der Waals surface area contributed by atoms with Crippen LogP contribution in [0.1, 0.15) is 29.6 Å². The molecule has 1 saturated heterocycles. The van der Waals surface area contributed by atoms with Crippen LogP contribution in [0, 0.1) is 0 Å². The Balaban J connectivity index is 1.70. The Morgan fingerprint density at radius 1 is 1.26 bits per heavy atom. The highest BCUT2D eigenvalue weighted by Crippen LogP contribution is 2.31. The van der Waals surface area contributed by atoms with Crippen LogP contribution >= 0.6 is 11.8 Å². The van der Waals surface area contributed by atoms with Crippen molar-refractivity contribution in [1.29, 1.82) is 0 Å². The van der Waals surface area contributed by atoms with Gasteiger partial charge in [-0.05, 0) is 25.0 Å². The van der Waals surface area contributed by atoms with Crippen molar-refractivity contribution in [2.24, 2.45) is 0 Å². The second-order valence-electron chi connectivity index (χ2n) is 5.84. The Bertz CT molecular complexity index is 789. The zero-order valence-electron chi connectivity index (χ0n) is 12.5. The van der Waals surface area contributed by atoms with Crippen LogP contribution in [0.3, 0.4) is 0 Å². The molecule has 1 aromatic carbocycles. The number of aromatic nitrogens is 1. The number of thioether (sulfide) groups is 1. The van der Waals surface area contributed by atoms with Gasteiger partial charge in [0.25, 0.3) is 5.91 Å². The van der Waals surface area contributed by atoms with Crippen molar-refractivity contribution in [3.05, 3.63) is 35.9 Å². The van der Waals surface area contributed by atoms with Crippen molar-refractivity contribution >= 4 is 34.5 Å². The van der Waals surface area contributed by atoms with Crippen LogP contribution in [0.2, 0.25) is 0 Å². The van der Waals surface area contributed by atoms with E-state index >= 15 is 0 Å². The maximum atomic E-state index is 12.5. The van der Waals surface area contributed by atoms with Gasteiger partial charge in [0.15, 0.2) is 0 Å². The van der Waals surface area contributed by atoms with E-state index in [1.807, 2.05) is 24.3 Å². The van der Waals surface area contributed by atoms with Crippen molar-refractivity contribution in [1.82, 2.24) is 10.3 Å². The second kappa shape index (κ2) is 5.85. The number of carbonyl (C=O) groups excluding carboxylic acids is 2. The molecule has 2 aliphatic rings. The summed E-state index contributed by atoms with van der Waals surface area (Å²) < 4.78 is 5.00. The summed E-state index contributed by atoms with van der Waals surface area (Å²) in [6.45, 7) is 0.457. The number of benzene rings is 1. The monoisotopic (exact) mass is 328 g/mol. The number of para-hydroxylation sites is 1. The highest BCUT2D eigenvalue weighted by molar-refractivity contribution is 8.00. The van der Waals surface area contributed by atoms with Crippen LogP contribution in [0.15, 0.2) is 35.4 Å². The molecular weight excluding hydrogens is 312 g/mol. The van der Waals surface area contributed by atoms with Crippen LogP contribution < -0.4 is 5.32 Å². The second-order valence-corrected chi connectivity index (χ2v) is 7.06. The first-order valence-electron chi connectivity index (χ1n) is 7.74. The van der Waals surface area contributed by atoms with Gasteiger partial charge >= 0.3 is 5.97 Å². The van der Waals surface area contributed by atoms with Crippen molar-refractivity contribution in [3.8, 4) is 0 Å². The molecule has 2 heterocycles. The maximum Gasteiger partial charge on any atom is 0.319 e. The van der Waals surface area contributed by atoms with Gasteiger partial charge in [0.1, 0.15) is 5.25 Å². The standard InChI is InChI=1S/C17H16N2O3S/c20-16(18-10-5-6-10)12-9-15(23-14-7-8-22-17(14)21)19-13-4-2-1-3-11(12)13/h1-4,9-10,14H,5-8H2,(H,18,20)/t14-/m0/s1. The fourth-order valence-corrected chi connectivity index (χ4v) is 3.63. The molecule has 1 aliphatic carbocycles.